The van der Waals surface area contributed by atoms with Crippen molar-refractivity contribution in [3.05, 3.63) is 64.2 Å². The highest BCUT2D eigenvalue weighted by Gasteiger charge is 2.49. The van der Waals surface area contributed by atoms with Gasteiger partial charge in [0.2, 0.25) is 0 Å². The average molecular weight is 762 g/mol. The highest BCUT2D eigenvalue weighted by Crippen LogP contribution is 2.47. The number of thiophene rings is 1. The van der Waals surface area contributed by atoms with Crippen molar-refractivity contribution in [3.63, 3.8) is 0 Å². The van der Waals surface area contributed by atoms with Crippen LogP contribution in [0.3, 0.4) is 0 Å². The van der Waals surface area contributed by atoms with Gasteiger partial charge >= 0.3 is 6.01 Å². The summed E-state index contributed by atoms with van der Waals surface area (Å²) in [5.41, 5.74) is 4.06. The fourth-order valence-corrected chi connectivity index (χ4v) is 9.57. The van der Waals surface area contributed by atoms with Gasteiger partial charge in [0.05, 0.1) is 26.4 Å². The first kappa shape index (κ1) is 36.3. The van der Waals surface area contributed by atoms with Crippen LogP contribution < -0.4 is 20.7 Å². The molecule has 4 aliphatic rings. The molecule has 8 nitrogen and oxygen atoms in total. The molecule has 2 aromatic carbocycles. The minimum Gasteiger partial charge on any atom is -0.461 e. The molecule has 274 valence electrons. The summed E-state index contributed by atoms with van der Waals surface area (Å²) in [6.07, 6.45) is -0.0743. The van der Waals surface area contributed by atoms with E-state index in [0.29, 0.717) is 32.4 Å². The number of aromatic nitrogens is 2. The summed E-state index contributed by atoms with van der Waals surface area (Å²) in [6.45, 7) is 5.13. The molecular weight excluding hydrogens is 728 g/mol. The summed E-state index contributed by atoms with van der Waals surface area (Å²) in [5.74, 6) is -1.35. The first-order valence-electron chi connectivity index (χ1n) is 17.0. The highest BCUT2D eigenvalue weighted by atomic mass is 35.5. The maximum Gasteiger partial charge on any atom is 0.319 e. The molecule has 4 aliphatic heterocycles. The fraction of sp³-hybridized carbons (Fsp3) is 0.417. The third-order valence-electron chi connectivity index (χ3n) is 10.5. The average Bonchev–Trinajstić information content (AvgIpc) is 3.84. The number of halogens is 7. The first-order valence-corrected chi connectivity index (χ1v) is 18.2. The van der Waals surface area contributed by atoms with Gasteiger partial charge in [-0.25, -0.2) is 8.78 Å². The lowest BCUT2D eigenvalue weighted by atomic mass is 9.94. The quantitative estimate of drug-likeness (QED) is 0.188. The minimum absolute atomic E-state index is 0.0210. The van der Waals surface area contributed by atoms with Crippen molar-refractivity contribution in [1.29, 1.82) is 5.26 Å². The fourth-order valence-electron chi connectivity index (χ4n) is 8.33. The van der Waals surface area contributed by atoms with Gasteiger partial charge < -0.3 is 20.7 Å². The van der Waals surface area contributed by atoms with Gasteiger partial charge in [-0.2, -0.15) is 32.8 Å². The Hall–Kier alpha value is -4.10. The molecular formula is C36H34ClF6N7OS. The van der Waals surface area contributed by atoms with Crippen molar-refractivity contribution < 1.29 is 31.1 Å². The molecule has 0 amide bonds. The molecule has 2 bridgehead atoms. The van der Waals surface area contributed by atoms with Crippen molar-refractivity contribution in [1.82, 2.24) is 20.2 Å². The highest BCUT2D eigenvalue weighted by molar-refractivity contribution is 7.23. The molecule has 4 fully saturated rings. The van der Waals surface area contributed by atoms with E-state index in [1.54, 1.807) is 4.90 Å². The van der Waals surface area contributed by atoms with Crippen molar-refractivity contribution in [3.8, 4) is 23.2 Å². The summed E-state index contributed by atoms with van der Waals surface area (Å²) < 4.78 is 92.7. The lowest BCUT2D eigenvalue weighted by Crippen LogP contribution is -2.59. The number of benzene rings is 2. The summed E-state index contributed by atoms with van der Waals surface area (Å²) in [5, 5.41) is 13.4. The van der Waals surface area contributed by atoms with Crippen LogP contribution in [0.4, 0.5) is 37.2 Å². The monoisotopic (exact) mass is 761 g/mol. The van der Waals surface area contributed by atoms with Crippen LogP contribution in [0.2, 0.25) is 5.02 Å². The molecule has 2 aromatic heterocycles. The Bertz CT molecular complexity index is 2200. The molecule has 3 atom stereocenters. The van der Waals surface area contributed by atoms with Gasteiger partial charge in [-0.05, 0) is 56.3 Å². The van der Waals surface area contributed by atoms with Gasteiger partial charge in [0.1, 0.15) is 34.8 Å². The molecule has 4 saturated heterocycles. The Morgan fingerprint density at radius 2 is 2.00 bits per heavy atom. The van der Waals surface area contributed by atoms with E-state index >= 15 is 4.39 Å². The van der Waals surface area contributed by atoms with Crippen LogP contribution >= 0.6 is 22.9 Å². The number of rotatable bonds is 6. The topological polar surface area (TPSA) is 103 Å². The molecule has 3 N–H and O–H groups in total. The van der Waals surface area contributed by atoms with Gasteiger partial charge in [-0.1, -0.05) is 31.5 Å². The number of piperazine rings is 1. The molecule has 4 aromatic rings. The van der Waals surface area contributed by atoms with E-state index in [-0.39, 0.29) is 97.3 Å². The van der Waals surface area contributed by atoms with Crippen LogP contribution in [0.15, 0.2) is 42.0 Å². The summed E-state index contributed by atoms with van der Waals surface area (Å²) >= 11 is 7.67. The van der Waals surface area contributed by atoms with Crippen LogP contribution in [0.25, 0.3) is 32.1 Å². The van der Waals surface area contributed by atoms with E-state index in [2.05, 4.69) is 15.3 Å². The third-order valence-corrected chi connectivity index (χ3v) is 11.8. The van der Waals surface area contributed by atoms with Crippen LogP contribution in [0, 0.1) is 23.0 Å². The molecule has 16 heteroatoms. The second kappa shape index (κ2) is 13.7. The Labute approximate surface area is 304 Å². The standard InChI is InChI=1S/C34H28ClF6N7OS.C2H6/c35-21-8-19-27(26(39)25(21)18-2-3-22(36)28-24(18)20(11-42)30(43)50-28)44-32(49-15-34-5-1-7-48(34)12-16(9-34)29(40)41)45-31(19)47-13-17-4-6-33(14-47,46-17)10-23(37)38;1-2/h2-3,8,10,17,46H,1,4-7,9,12-15,43H2;1-2H3/t17?,33?,34-;/m0./s1. The zero-order valence-electron chi connectivity index (χ0n) is 28.2. The number of nitriles is 1. The predicted molar refractivity (Wildman–Crippen MR) is 190 cm³/mol. The summed E-state index contributed by atoms with van der Waals surface area (Å²) in [7, 11) is 0. The van der Waals surface area contributed by atoms with E-state index in [1.807, 2.05) is 24.8 Å². The molecule has 0 spiro atoms. The number of nitrogens with zero attached hydrogens (tertiary/aromatic N) is 5. The zero-order chi connectivity index (χ0) is 37.1. The zero-order valence-corrected chi connectivity index (χ0v) is 29.8. The predicted octanol–water partition coefficient (Wildman–Crippen LogP) is 8.78. The van der Waals surface area contributed by atoms with Gasteiger partial charge in [-0.3, -0.25) is 4.90 Å². The van der Waals surface area contributed by atoms with Crippen LogP contribution in [-0.2, 0) is 0 Å². The Morgan fingerprint density at radius 3 is 2.73 bits per heavy atom. The summed E-state index contributed by atoms with van der Waals surface area (Å²) in [6, 6.07) is 5.50. The van der Waals surface area contributed by atoms with Crippen molar-refractivity contribution in [2.24, 2.45) is 0 Å². The van der Waals surface area contributed by atoms with Gasteiger partial charge in [0, 0.05) is 53.7 Å². The maximum atomic E-state index is 17.0. The normalized spacial score (nSPS) is 23.8. The van der Waals surface area contributed by atoms with E-state index < -0.39 is 34.9 Å². The molecule has 2 unspecified atom stereocenters. The maximum absolute atomic E-state index is 17.0. The van der Waals surface area contributed by atoms with E-state index in [1.165, 1.54) is 12.1 Å². The molecule has 52 heavy (non-hydrogen) atoms. The van der Waals surface area contributed by atoms with Crippen molar-refractivity contribution >= 4 is 54.7 Å². The Kier molecular flexibility index (Phi) is 9.56. The van der Waals surface area contributed by atoms with Gasteiger partial charge in [-0.15, -0.1) is 11.3 Å². The lowest BCUT2D eigenvalue weighted by molar-refractivity contribution is 0.108. The molecule has 0 radical (unpaired) electrons. The van der Waals surface area contributed by atoms with Crippen molar-refractivity contribution in [2.45, 2.75) is 63.1 Å². The van der Waals surface area contributed by atoms with Crippen LogP contribution in [0.5, 0.6) is 6.01 Å². The number of nitrogen functional groups attached to an aromatic ring is 1. The van der Waals surface area contributed by atoms with Gasteiger partial charge in [0.15, 0.2) is 5.82 Å². The smallest absolute Gasteiger partial charge is 0.319 e. The Balaban J connectivity index is 0.00000207. The molecule has 0 aliphatic carbocycles. The van der Waals surface area contributed by atoms with Crippen LogP contribution in [-0.4, -0.2) is 64.8 Å². The third kappa shape index (κ3) is 6.03. The SMILES string of the molecule is CC.N#Cc1c(N)sc2c(F)ccc(-c3c(Cl)cc4c(N5CC6CCC(C=C(F)F)(C5)N6)nc(OC[C@@]56CCCN5CC(=C(F)F)C6)nc4c3F)c12. The number of hydrogen-bond acceptors (Lipinski definition) is 9. The number of ether oxygens (including phenoxy) is 1. The lowest BCUT2D eigenvalue weighted by Gasteiger charge is -2.40. The van der Waals surface area contributed by atoms with E-state index in [9.17, 15) is 27.2 Å². The largest absolute Gasteiger partial charge is 0.461 e. The minimum atomic E-state index is -1.83. The number of anilines is 2. The number of hydrogen-bond donors (Lipinski definition) is 2. The first-order chi connectivity index (χ1) is 24.9. The number of fused-ring (bicyclic) bond motifs is 5. The second-order valence-corrected chi connectivity index (χ2v) is 14.9. The number of nitrogens with two attached hydrogens (primary N) is 1. The molecule has 6 heterocycles. The van der Waals surface area contributed by atoms with E-state index in [0.717, 1.165) is 29.9 Å². The summed E-state index contributed by atoms with van der Waals surface area (Å²) in [4.78, 5) is 12.9. The second-order valence-electron chi connectivity index (χ2n) is 13.5. The molecule has 0 saturated carbocycles. The van der Waals surface area contributed by atoms with Crippen molar-refractivity contribution in [2.75, 3.05) is 43.4 Å². The number of nitrogens with one attached hydrogen (secondary N) is 1. The van der Waals surface area contributed by atoms with E-state index in [4.69, 9.17) is 22.1 Å². The van der Waals surface area contributed by atoms with Gasteiger partial charge in [0.25, 0.3) is 12.2 Å². The van der Waals surface area contributed by atoms with Crippen LogP contribution in [0.1, 0.15) is 51.5 Å². The Morgan fingerprint density at radius 1 is 1.21 bits per heavy atom. The molecule has 8 rings (SSSR count).